The molecule has 2 aliphatic heterocycles. The molecule has 0 saturated carbocycles. The summed E-state index contributed by atoms with van der Waals surface area (Å²) in [6.07, 6.45) is 2.69. The lowest BCUT2D eigenvalue weighted by molar-refractivity contribution is 0.188. The Hall–Kier alpha value is -2.83. The van der Waals surface area contributed by atoms with Crippen molar-refractivity contribution in [3.05, 3.63) is 35.1 Å². The molecule has 39 heavy (non-hydrogen) atoms. The molecule has 0 spiro atoms. The minimum Gasteiger partial charge on any atom is -0.462 e. The van der Waals surface area contributed by atoms with Gasteiger partial charge in [-0.2, -0.15) is 9.97 Å². The molecule has 4 N–H and O–H groups in total. The number of likely N-dealkylation sites (N-methyl/N-ethyl adjacent to an activating group) is 1. The fourth-order valence-corrected chi connectivity index (χ4v) is 6.72. The number of hydrogen-bond donors (Lipinski definition) is 3. The molecule has 2 aromatic heterocycles. The summed E-state index contributed by atoms with van der Waals surface area (Å²) in [5.41, 5.74) is 7.48. The summed E-state index contributed by atoms with van der Waals surface area (Å²) in [5, 5.41) is 14.2. The van der Waals surface area contributed by atoms with E-state index in [0.29, 0.717) is 53.5 Å². The first-order valence-corrected chi connectivity index (χ1v) is 14.4. The van der Waals surface area contributed by atoms with Crippen molar-refractivity contribution in [1.82, 2.24) is 25.2 Å². The zero-order valence-electron chi connectivity index (χ0n) is 21.7. The van der Waals surface area contributed by atoms with Gasteiger partial charge in [0.2, 0.25) is 0 Å². The molecule has 12 heteroatoms. The Balaban J connectivity index is 1.51. The Morgan fingerprint density at radius 3 is 2.90 bits per heavy atom. The standard InChI is InChI=1S/C27H31ClFN7O2S/c1-35-9-3-4-16(35)14-38-27-33-24-18(25(34-27)36-10-8-31-13-15(36)7-11-37)12-19(28)21(22(24)29)17-5-2-6-20-23(17)32-26(30)39-20/h2,5-6,12,15-16,31,37H,3-4,7-11,13-14H2,1H3,(H2,30,32)/t15-,16?/m0/s1. The van der Waals surface area contributed by atoms with E-state index < -0.39 is 5.82 Å². The molecule has 2 atom stereocenters. The van der Waals surface area contributed by atoms with Crippen LogP contribution in [0.3, 0.4) is 0 Å². The number of benzene rings is 2. The Labute approximate surface area is 234 Å². The van der Waals surface area contributed by atoms with Crippen LogP contribution in [0.5, 0.6) is 6.01 Å². The monoisotopic (exact) mass is 571 g/mol. The van der Waals surface area contributed by atoms with Crippen LogP contribution < -0.4 is 20.7 Å². The van der Waals surface area contributed by atoms with E-state index in [-0.39, 0.29) is 40.8 Å². The molecule has 0 aliphatic carbocycles. The normalized spacial score (nSPS) is 20.4. The lowest BCUT2D eigenvalue weighted by Gasteiger charge is -2.37. The fourth-order valence-electron chi connectivity index (χ4n) is 5.67. The van der Waals surface area contributed by atoms with Gasteiger partial charge in [0.05, 0.1) is 15.2 Å². The molecule has 2 fully saturated rings. The number of nitrogens with two attached hydrogens (primary N) is 1. The SMILES string of the molecule is CN1CCCC1COc1nc(N2CCNC[C@@H]2CCO)c2cc(Cl)c(-c3cccc4sc(N)nc34)c(F)c2n1. The molecule has 0 radical (unpaired) electrons. The molecule has 9 nitrogen and oxygen atoms in total. The van der Waals surface area contributed by atoms with Gasteiger partial charge < -0.3 is 30.7 Å². The summed E-state index contributed by atoms with van der Waals surface area (Å²) in [4.78, 5) is 18.2. The van der Waals surface area contributed by atoms with Gasteiger partial charge in [-0.25, -0.2) is 9.37 Å². The predicted molar refractivity (Wildman–Crippen MR) is 154 cm³/mol. The molecular weight excluding hydrogens is 541 g/mol. The van der Waals surface area contributed by atoms with E-state index in [0.717, 1.165) is 30.6 Å². The van der Waals surface area contributed by atoms with E-state index in [1.807, 2.05) is 12.1 Å². The Morgan fingerprint density at radius 1 is 1.23 bits per heavy atom. The molecule has 2 aliphatic rings. The molecule has 2 saturated heterocycles. The number of aliphatic hydroxyl groups is 1. The second kappa shape index (κ2) is 11.0. The van der Waals surface area contributed by atoms with Crippen LogP contribution in [0, 0.1) is 5.82 Å². The van der Waals surface area contributed by atoms with Crippen LogP contribution in [0.1, 0.15) is 19.3 Å². The zero-order chi connectivity index (χ0) is 27.1. The summed E-state index contributed by atoms with van der Waals surface area (Å²) in [5.74, 6) is -0.00455. The van der Waals surface area contributed by atoms with Crippen LogP contribution in [0.25, 0.3) is 32.2 Å². The summed E-state index contributed by atoms with van der Waals surface area (Å²) in [6.45, 7) is 3.52. The van der Waals surface area contributed by atoms with E-state index >= 15 is 4.39 Å². The van der Waals surface area contributed by atoms with Gasteiger partial charge in [0.25, 0.3) is 0 Å². The summed E-state index contributed by atoms with van der Waals surface area (Å²) >= 11 is 8.15. The number of likely N-dealkylation sites (tertiary alicyclic amines) is 1. The number of aromatic nitrogens is 3. The van der Waals surface area contributed by atoms with Gasteiger partial charge in [-0.3, -0.25) is 0 Å². The van der Waals surface area contributed by atoms with Crippen molar-refractivity contribution in [2.45, 2.75) is 31.3 Å². The van der Waals surface area contributed by atoms with Gasteiger partial charge in [0, 0.05) is 54.8 Å². The van der Waals surface area contributed by atoms with E-state index in [9.17, 15) is 5.11 Å². The minimum absolute atomic E-state index is 0.0242. The van der Waals surface area contributed by atoms with Crippen molar-refractivity contribution in [1.29, 1.82) is 0 Å². The van der Waals surface area contributed by atoms with Gasteiger partial charge in [-0.1, -0.05) is 35.1 Å². The molecule has 0 bridgehead atoms. The van der Waals surface area contributed by atoms with Crippen molar-refractivity contribution in [3.63, 3.8) is 0 Å². The Morgan fingerprint density at radius 2 is 2.10 bits per heavy atom. The number of aliphatic hydroxyl groups excluding tert-OH is 1. The molecular formula is C27H31ClFN7O2S. The molecule has 1 unspecified atom stereocenters. The van der Waals surface area contributed by atoms with Crippen molar-refractivity contribution in [2.24, 2.45) is 0 Å². The number of nitrogens with zero attached hydrogens (tertiary/aromatic N) is 5. The Kier molecular flexibility index (Phi) is 7.43. The third-order valence-electron chi connectivity index (χ3n) is 7.71. The number of nitrogens with one attached hydrogen (secondary N) is 1. The smallest absolute Gasteiger partial charge is 0.319 e. The highest BCUT2D eigenvalue weighted by atomic mass is 35.5. The van der Waals surface area contributed by atoms with Gasteiger partial charge in [0.1, 0.15) is 17.9 Å². The largest absolute Gasteiger partial charge is 0.462 e. The number of rotatable bonds is 7. The van der Waals surface area contributed by atoms with Gasteiger partial charge >= 0.3 is 6.01 Å². The number of ether oxygens (including phenoxy) is 1. The number of nitrogen functional groups attached to an aromatic ring is 1. The molecule has 6 rings (SSSR count). The average Bonchev–Trinajstić information content (AvgIpc) is 3.52. The van der Waals surface area contributed by atoms with Crippen LogP contribution in [-0.4, -0.2) is 83.5 Å². The zero-order valence-corrected chi connectivity index (χ0v) is 23.2. The second-order valence-electron chi connectivity index (χ2n) is 10.1. The number of hydrogen-bond acceptors (Lipinski definition) is 10. The van der Waals surface area contributed by atoms with E-state index in [1.165, 1.54) is 11.3 Å². The number of anilines is 2. The highest BCUT2D eigenvalue weighted by Gasteiger charge is 2.29. The maximum atomic E-state index is 16.6. The highest BCUT2D eigenvalue weighted by molar-refractivity contribution is 7.22. The number of piperazine rings is 1. The van der Waals surface area contributed by atoms with E-state index in [2.05, 4.69) is 32.1 Å². The van der Waals surface area contributed by atoms with Crippen molar-refractivity contribution in [3.8, 4) is 17.1 Å². The first-order valence-electron chi connectivity index (χ1n) is 13.2. The maximum absolute atomic E-state index is 16.6. The predicted octanol–water partition coefficient (Wildman–Crippen LogP) is 3.91. The lowest BCUT2D eigenvalue weighted by atomic mass is 10.0. The molecule has 0 amide bonds. The van der Waals surface area contributed by atoms with E-state index in [1.54, 1.807) is 12.1 Å². The highest BCUT2D eigenvalue weighted by Crippen LogP contribution is 2.42. The Bertz CT molecular complexity index is 1520. The summed E-state index contributed by atoms with van der Waals surface area (Å²) < 4.78 is 23.5. The second-order valence-corrected chi connectivity index (χ2v) is 11.6. The van der Waals surface area contributed by atoms with Crippen LogP contribution in [0.2, 0.25) is 5.02 Å². The van der Waals surface area contributed by atoms with Crippen LogP contribution in [-0.2, 0) is 0 Å². The van der Waals surface area contributed by atoms with Gasteiger partial charge in [-0.05, 0) is 45.0 Å². The quantitative estimate of drug-likeness (QED) is 0.304. The first-order chi connectivity index (χ1) is 18.9. The van der Waals surface area contributed by atoms with Crippen molar-refractivity contribution < 1.29 is 14.2 Å². The molecule has 206 valence electrons. The van der Waals surface area contributed by atoms with Crippen molar-refractivity contribution >= 4 is 55.0 Å². The lowest BCUT2D eigenvalue weighted by Crippen LogP contribution is -2.52. The molecule has 4 heterocycles. The fraction of sp³-hybridized carbons (Fsp3) is 0.444. The topological polar surface area (TPSA) is 113 Å². The molecule has 2 aromatic carbocycles. The van der Waals surface area contributed by atoms with Crippen LogP contribution in [0.4, 0.5) is 15.3 Å². The van der Waals surface area contributed by atoms with Crippen molar-refractivity contribution in [2.75, 3.05) is 57.1 Å². The van der Waals surface area contributed by atoms with Gasteiger partial charge in [-0.15, -0.1) is 0 Å². The molecule has 4 aromatic rings. The number of thiazole rings is 1. The average molecular weight is 572 g/mol. The van der Waals surface area contributed by atoms with Crippen LogP contribution >= 0.6 is 22.9 Å². The minimum atomic E-state index is -0.558. The third-order valence-corrected chi connectivity index (χ3v) is 8.86. The summed E-state index contributed by atoms with van der Waals surface area (Å²) in [7, 11) is 2.08. The maximum Gasteiger partial charge on any atom is 0.319 e. The van der Waals surface area contributed by atoms with E-state index in [4.69, 9.17) is 27.1 Å². The summed E-state index contributed by atoms with van der Waals surface area (Å²) in [6, 6.07) is 7.62. The number of para-hydroxylation sites is 1. The van der Waals surface area contributed by atoms with Gasteiger partial charge in [0.15, 0.2) is 10.9 Å². The number of fused-ring (bicyclic) bond motifs is 2. The first kappa shape index (κ1) is 26.4. The van der Waals surface area contributed by atoms with Crippen LogP contribution in [0.15, 0.2) is 24.3 Å². The third kappa shape index (κ3) is 4.98. The number of halogens is 2.